The van der Waals surface area contributed by atoms with E-state index in [1.165, 1.54) is 11.1 Å². The zero-order chi connectivity index (χ0) is 22.7. The van der Waals surface area contributed by atoms with E-state index in [2.05, 4.69) is 14.7 Å². The average molecular weight is 525 g/mol. The molecule has 0 N–H and O–H groups in total. The molecule has 1 aliphatic heterocycles. The number of thiocarbonyl (C=S) groups is 1. The molecule has 32 heavy (non-hydrogen) atoms. The van der Waals surface area contributed by atoms with Crippen LogP contribution in [0.4, 0.5) is 0 Å². The Balaban J connectivity index is 1.57. The summed E-state index contributed by atoms with van der Waals surface area (Å²) in [7, 11) is 0. The van der Waals surface area contributed by atoms with Gasteiger partial charge in [-0.3, -0.25) is 9.80 Å². The second-order valence-electron chi connectivity index (χ2n) is 7.78. The SMILES string of the molecule is S=C(c1c(Cl)cccc1Cl)N1CN(Cc2ccc(Cl)cc2)CN(Cc2ccc(Cl)cc2)C1. The van der Waals surface area contributed by atoms with Gasteiger partial charge in [0.15, 0.2) is 0 Å². The van der Waals surface area contributed by atoms with E-state index < -0.39 is 0 Å². The molecule has 1 saturated heterocycles. The molecule has 0 aromatic heterocycles. The normalized spacial score (nSPS) is 15.2. The highest BCUT2D eigenvalue weighted by molar-refractivity contribution is 7.80. The van der Waals surface area contributed by atoms with Gasteiger partial charge in [-0.1, -0.05) is 89.0 Å². The summed E-state index contributed by atoms with van der Waals surface area (Å²) in [6.45, 7) is 3.66. The number of nitrogens with zero attached hydrogens (tertiary/aromatic N) is 3. The van der Waals surface area contributed by atoms with Crippen LogP contribution in [0.1, 0.15) is 16.7 Å². The van der Waals surface area contributed by atoms with Gasteiger partial charge in [0, 0.05) is 28.7 Å². The Morgan fingerprint density at radius 1 is 0.656 bits per heavy atom. The van der Waals surface area contributed by atoms with Crippen LogP contribution in [-0.2, 0) is 13.1 Å². The fourth-order valence-corrected chi connectivity index (χ4v) is 5.06. The number of rotatable bonds is 5. The third-order valence-electron chi connectivity index (χ3n) is 5.24. The Labute approximate surface area is 214 Å². The van der Waals surface area contributed by atoms with Gasteiger partial charge < -0.3 is 4.90 Å². The first-order valence-electron chi connectivity index (χ1n) is 10.1. The molecular formula is C24H21Cl4N3S. The van der Waals surface area contributed by atoms with Gasteiger partial charge in [-0.15, -0.1) is 0 Å². The van der Waals surface area contributed by atoms with E-state index in [0.29, 0.717) is 33.9 Å². The minimum Gasteiger partial charge on any atom is -0.336 e. The molecule has 1 aliphatic rings. The van der Waals surface area contributed by atoms with Gasteiger partial charge >= 0.3 is 0 Å². The number of benzene rings is 3. The third kappa shape index (κ3) is 5.95. The van der Waals surface area contributed by atoms with Crippen LogP contribution >= 0.6 is 58.6 Å². The van der Waals surface area contributed by atoms with Gasteiger partial charge in [0.25, 0.3) is 0 Å². The zero-order valence-electron chi connectivity index (χ0n) is 17.1. The molecule has 3 aromatic rings. The van der Waals surface area contributed by atoms with Gasteiger partial charge in [0.05, 0.1) is 30.1 Å². The predicted molar refractivity (Wildman–Crippen MR) is 139 cm³/mol. The molecule has 1 fully saturated rings. The highest BCUT2D eigenvalue weighted by Gasteiger charge is 2.27. The molecule has 0 saturated carbocycles. The van der Waals surface area contributed by atoms with Crippen LogP contribution in [-0.4, -0.2) is 39.7 Å². The van der Waals surface area contributed by atoms with E-state index in [-0.39, 0.29) is 0 Å². The zero-order valence-corrected chi connectivity index (χ0v) is 21.0. The molecule has 3 nitrogen and oxygen atoms in total. The smallest absolute Gasteiger partial charge is 0.114 e. The quantitative estimate of drug-likeness (QED) is 0.327. The topological polar surface area (TPSA) is 9.72 Å². The van der Waals surface area contributed by atoms with Crippen molar-refractivity contribution in [1.82, 2.24) is 14.7 Å². The van der Waals surface area contributed by atoms with E-state index in [4.69, 9.17) is 58.6 Å². The van der Waals surface area contributed by atoms with Crippen molar-refractivity contribution in [3.63, 3.8) is 0 Å². The first-order chi connectivity index (χ1) is 15.4. The summed E-state index contributed by atoms with van der Waals surface area (Å²) in [5.41, 5.74) is 3.07. The molecule has 0 aliphatic carbocycles. The maximum Gasteiger partial charge on any atom is 0.114 e. The summed E-state index contributed by atoms with van der Waals surface area (Å²) < 4.78 is 0. The fraction of sp³-hybridized carbons (Fsp3) is 0.208. The molecule has 0 atom stereocenters. The van der Waals surface area contributed by atoms with Gasteiger partial charge in [-0.2, -0.15) is 0 Å². The lowest BCUT2D eigenvalue weighted by Gasteiger charge is -2.43. The lowest BCUT2D eigenvalue weighted by molar-refractivity contribution is -0.00205. The molecule has 0 radical (unpaired) electrons. The van der Waals surface area contributed by atoms with Crippen LogP contribution in [0, 0.1) is 0 Å². The lowest BCUT2D eigenvalue weighted by atomic mass is 10.2. The highest BCUT2D eigenvalue weighted by Crippen LogP contribution is 2.28. The van der Waals surface area contributed by atoms with Crippen LogP contribution in [0.3, 0.4) is 0 Å². The molecule has 8 heteroatoms. The van der Waals surface area contributed by atoms with E-state index in [0.717, 1.165) is 29.8 Å². The first-order valence-corrected chi connectivity index (χ1v) is 12.0. The van der Waals surface area contributed by atoms with Crippen LogP contribution in [0.2, 0.25) is 20.1 Å². The van der Waals surface area contributed by atoms with Gasteiger partial charge in [-0.25, -0.2) is 0 Å². The van der Waals surface area contributed by atoms with Crippen molar-refractivity contribution in [3.8, 4) is 0 Å². The molecule has 4 rings (SSSR count). The largest absolute Gasteiger partial charge is 0.336 e. The number of hydrogen-bond donors (Lipinski definition) is 0. The van der Waals surface area contributed by atoms with Crippen molar-refractivity contribution in [2.45, 2.75) is 13.1 Å². The van der Waals surface area contributed by atoms with E-state index in [1.807, 2.05) is 66.7 Å². The van der Waals surface area contributed by atoms with E-state index in [9.17, 15) is 0 Å². The average Bonchev–Trinajstić information content (AvgIpc) is 2.76. The Hall–Kier alpha value is -1.37. The first kappa shape index (κ1) is 23.8. The molecule has 1 heterocycles. The second-order valence-corrected chi connectivity index (χ2v) is 9.85. The monoisotopic (exact) mass is 523 g/mol. The number of hydrogen-bond acceptors (Lipinski definition) is 3. The predicted octanol–water partition coefficient (Wildman–Crippen LogP) is 7.17. The Kier molecular flexibility index (Phi) is 7.95. The van der Waals surface area contributed by atoms with Crippen molar-refractivity contribution in [2.75, 3.05) is 20.0 Å². The standard InChI is InChI=1S/C24H21Cl4N3S/c25-19-8-4-17(5-9-19)12-29-14-30(13-18-6-10-20(26)11-7-18)16-31(15-29)24(32)23-21(27)2-1-3-22(23)28/h1-11H,12-16H2. The fourth-order valence-electron chi connectivity index (χ4n) is 3.78. The molecule has 0 amide bonds. The van der Waals surface area contributed by atoms with Crippen LogP contribution in [0.25, 0.3) is 0 Å². The number of halogens is 4. The highest BCUT2D eigenvalue weighted by atomic mass is 35.5. The minimum absolute atomic E-state index is 0.557. The second kappa shape index (κ2) is 10.7. The lowest BCUT2D eigenvalue weighted by Crippen LogP contribution is -2.55. The Bertz CT molecular complexity index is 1010. The van der Waals surface area contributed by atoms with E-state index in [1.54, 1.807) is 0 Å². The van der Waals surface area contributed by atoms with E-state index >= 15 is 0 Å². The summed E-state index contributed by atoms with van der Waals surface area (Å²) in [4.78, 5) is 7.44. The molecule has 0 bridgehead atoms. The van der Waals surface area contributed by atoms with Gasteiger partial charge in [-0.05, 0) is 47.5 Å². The van der Waals surface area contributed by atoms with Crippen LogP contribution in [0.5, 0.6) is 0 Å². The third-order valence-corrected chi connectivity index (χ3v) is 6.84. The van der Waals surface area contributed by atoms with Crippen molar-refractivity contribution in [3.05, 3.63) is 104 Å². The van der Waals surface area contributed by atoms with Crippen molar-refractivity contribution >= 4 is 63.6 Å². The molecule has 166 valence electrons. The molecular weight excluding hydrogens is 504 g/mol. The summed E-state index contributed by atoms with van der Waals surface area (Å²) in [6, 6.07) is 21.3. The van der Waals surface area contributed by atoms with Gasteiger partial charge in [0.1, 0.15) is 4.99 Å². The van der Waals surface area contributed by atoms with Gasteiger partial charge in [0.2, 0.25) is 0 Å². The summed E-state index contributed by atoms with van der Waals surface area (Å²) in [6.07, 6.45) is 0. The van der Waals surface area contributed by atoms with Crippen LogP contribution in [0.15, 0.2) is 66.7 Å². The maximum atomic E-state index is 6.45. The minimum atomic E-state index is 0.557. The maximum absolute atomic E-state index is 6.45. The summed E-state index contributed by atoms with van der Waals surface area (Å²) >= 11 is 30.9. The van der Waals surface area contributed by atoms with Crippen molar-refractivity contribution in [1.29, 1.82) is 0 Å². The van der Waals surface area contributed by atoms with Crippen LogP contribution < -0.4 is 0 Å². The molecule has 3 aromatic carbocycles. The summed E-state index contributed by atoms with van der Waals surface area (Å²) in [5, 5.41) is 2.57. The Morgan fingerprint density at radius 3 is 1.53 bits per heavy atom. The molecule has 0 spiro atoms. The van der Waals surface area contributed by atoms with Crippen molar-refractivity contribution in [2.24, 2.45) is 0 Å². The van der Waals surface area contributed by atoms with Crippen molar-refractivity contribution < 1.29 is 0 Å². The molecule has 0 unspecified atom stereocenters. The Morgan fingerprint density at radius 2 is 1.09 bits per heavy atom. The summed E-state index contributed by atoms with van der Waals surface area (Å²) in [5.74, 6) is 0.